The molecule has 1 atom stereocenters. The fourth-order valence-corrected chi connectivity index (χ4v) is 2.36. The first kappa shape index (κ1) is 10.9. The maximum Gasteiger partial charge on any atom is 0.121 e. The van der Waals surface area contributed by atoms with Crippen molar-refractivity contribution in [1.29, 1.82) is 0 Å². The molecule has 2 heterocycles. The molecule has 1 aliphatic heterocycles. The summed E-state index contributed by atoms with van der Waals surface area (Å²) in [4.78, 5) is 0. The molecule has 0 aliphatic carbocycles. The zero-order valence-electron chi connectivity index (χ0n) is 9.00. The van der Waals surface area contributed by atoms with E-state index in [0.29, 0.717) is 18.0 Å². The minimum atomic E-state index is -0.863. The van der Waals surface area contributed by atoms with E-state index < -0.39 is 5.60 Å². The first-order valence-corrected chi connectivity index (χ1v) is 5.59. The fourth-order valence-electron chi connectivity index (χ4n) is 2.05. The molecule has 0 aromatic carbocycles. The Hall–Kier alpha value is -0.580. The van der Waals surface area contributed by atoms with E-state index in [0.717, 1.165) is 12.2 Å². The van der Waals surface area contributed by atoms with Crippen LogP contribution in [-0.2, 0) is 5.60 Å². The van der Waals surface area contributed by atoms with Crippen molar-refractivity contribution in [3.8, 4) is 0 Å². The summed E-state index contributed by atoms with van der Waals surface area (Å²) in [6, 6.07) is 0.206. The lowest BCUT2D eigenvalue weighted by Gasteiger charge is -2.24. The Kier molecular flexibility index (Phi) is 2.75. The largest absolute Gasteiger partial charge is 0.382 e. The molecule has 1 aliphatic rings. The average Bonchev–Trinajstić information content (AvgIpc) is 2.72. The number of rotatable bonds is 2. The Bertz CT molecular complexity index is 356. The molecule has 84 valence electrons. The first-order valence-electron chi connectivity index (χ1n) is 5.21. The Labute approximate surface area is 94.2 Å². The van der Waals surface area contributed by atoms with Crippen molar-refractivity contribution in [3.05, 3.63) is 16.9 Å². The quantitative estimate of drug-likeness (QED) is 0.804. The molecule has 0 saturated carbocycles. The van der Waals surface area contributed by atoms with Gasteiger partial charge < -0.3 is 10.4 Å². The molecule has 4 nitrogen and oxygen atoms in total. The van der Waals surface area contributed by atoms with Gasteiger partial charge in [0.2, 0.25) is 0 Å². The van der Waals surface area contributed by atoms with E-state index in [1.165, 1.54) is 0 Å². The second-order valence-electron chi connectivity index (χ2n) is 4.34. The second-order valence-corrected chi connectivity index (χ2v) is 4.74. The minimum absolute atomic E-state index is 0.206. The number of hydrogen-bond acceptors (Lipinski definition) is 3. The van der Waals surface area contributed by atoms with E-state index in [4.69, 9.17) is 11.6 Å². The summed E-state index contributed by atoms with van der Waals surface area (Å²) >= 11 is 6.09. The Morgan fingerprint density at radius 3 is 2.93 bits per heavy atom. The van der Waals surface area contributed by atoms with E-state index in [1.54, 1.807) is 10.9 Å². The summed E-state index contributed by atoms with van der Waals surface area (Å²) in [5.41, 5.74) is -0.123. The van der Waals surface area contributed by atoms with E-state index in [-0.39, 0.29) is 6.04 Å². The van der Waals surface area contributed by atoms with E-state index in [1.807, 2.05) is 13.8 Å². The summed E-state index contributed by atoms with van der Waals surface area (Å²) in [6.45, 7) is 5.42. The molecular weight excluding hydrogens is 214 g/mol. The number of nitrogens with one attached hydrogen (secondary N) is 1. The molecular formula is C10H16ClN3O. The molecule has 1 unspecified atom stereocenters. The highest BCUT2D eigenvalue weighted by Gasteiger charge is 2.38. The maximum absolute atomic E-state index is 10.5. The highest BCUT2D eigenvalue weighted by Crippen LogP contribution is 2.34. The smallest absolute Gasteiger partial charge is 0.121 e. The van der Waals surface area contributed by atoms with Gasteiger partial charge >= 0.3 is 0 Å². The van der Waals surface area contributed by atoms with Crippen LogP contribution in [0.15, 0.2) is 6.20 Å². The van der Waals surface area contributed by atoms with Crippen molar-refractivity contribution in [3.63, 3.8) is 0 Å². The van der Waals surface area contributed by atoms with Crippen LogP contribution in [-0.4, -0.2) is 28.0 Å². The third-order valence-corrected chi connectivity index (χ3v) is 3.09. The molecule has 15 heavy (non-hydrogen) atoms. The topological polar surface area (TPSA) is 50.1 Å². The van der Waals surface area contributed by atoms with Gasteiger partial charge in [0.15, 0.2) is 0 Å². The summed E-state index contributed by atoms with van der Waals surface area (Å²) in [7, 11) is 0. The van der Waals surface area contributed by atoms with Crippen molar-refractivity contribution in [1.82, 2.24) is 15.1 Å². The lowest BCUT2D eigenvalue weighted by Crippen LogP contribution is -2.32. The standard InChI is InChI=1S/C10H16ClN3O/c1-7(2)14-9(8(11)5-13-14)10(15)3-4-12-6-10/h5,7,12,15H,3-4,6H2,1-2H3. The van der Waals surface area contributed by atoms with Gasteiger partial charge in [0.05, 0.1) is 16.9 Å². The summed E-state index contributed by atoms with van der Waals surface area (Å²) in [6.07, 6.45) is 2.29. The molecule has 0 radical (unpaired) electrons. The van der Waals surface area contributed by atoms with Gasteiger partial charge in [0, 0.05) is 12.6 Å². The number of nitrogens with zero attached hydrogens (tertiary/aromatic N) is 2. The van der Waals surface area contributed by atoms with Gasteiger partial charge in [-0.05, 0) is 26.8 Å². The third kappa shape index (κ3) is 1.77. The lowest BCUT2D eigenvalue weighted by molar-refractivity contribution is 0.0478. The predicted octanol–water partition coefficient (Wildman–Crippen LogP) is 1.30. The van der Waals surface area contributed by atoms with Crippen LogP contribution in [0.4, 0.5) is 0 Å². The van der Waals surface area contributed by atoms with Crippen LogP contribution in [0.5, 0.6) is 0 Å². The average molecular weight is 230 g/mol. The van der Waals surface area contributed by atoms with Crippen LogP contribution >= 0.6 is 11.6 Å². The number of halogens is 1. The maximum atomic E-state index is 10.5. The van der Waals surface area contributed by atoms with E-state index >= 15 is 0 Å². The molecule has 1 aromatic rings. The van der Waals surface area contributed by atoms with Crippen molar-refractivity contribution < 1.29 is 5.11 Å². The SMILES string of the molecule is CC(C)n1ncc(Cl)c1C1(O)CCNC1. The number of aliphatic hydroxyl groups is 1. The normalized spacial score (nSPS) is 26.5. The summed E-state index contributed by atoms with van der Waals surface area (Å²) in [5, 5.41) is 18.4. The van der Waals surface area contributed by atoms with E-state index in [2.05, 4.69) is 10.4 Å². The van der Waals surface area contributed by atoms with Crippen LogP contribution in [0.3, 0.4) is 0 Å². The Balaban J connectivity index is 2.45. The van der Waals surface area contributed by atoms with Crippen molar-refractivity contribution >= 4 is 11.6 Å². The van der Waals surface area contributed by atoms with Crippen molar-refractivity contribution in [2.45, 2.75) is 31.9 Å². The predicted molar refractivity (Wildman–Crippen MR) is 59.0 cm³/mol. The number of aromatic nitrogens is 2. The Morgan fingerprint density at radius 2 is 2.40 bits per heavy atom. The molecule has 5 heteroatoms. The second kappa shape index (κ2) is 3.77. The minimum Gasteiger partial charge on any atom is -0.382 e. The van der Waals surface area contributed by atoms with Crippen molar-refractivity contribution in [2.75, 3.05) is 13.1 Å². The molecule has 2 N–H and O–H groups in total. The van der Waals surface area contributed by atoms with Crippen LogP contribution in [0.25, 0.3) is 0 Å². The van der Waals surface area contributed by atoms with Crippen LogP contribution in [0.1, 0.15) is 32.0 Å². The molecule has 1 aromatic heterocycles. The molecule has 0 spiro atoms. The summed E-state index contributed by atoms with van der Waals surface area (Å²) in [5.74, 6) is 0. The highest BCUT2D eigenvalue weighted by atomic mass is 35.5. The van der Waals surface area contributed by atoms with Crippen LogP contribution < -0.4 is 5.32 Å². The Morgan fingerprint density at radius 1 is 1.67 bits per heavy atom. The van der Waals surface area contributed by atoms with Crippen molar-refractivity contribution in [2.24, 2.45) is 0 Å². The van der Waals surface area contributed by atoms with E-state index in [9.17, 15) is 5.11 Å². The van der Waals surface area contributed by atoms with Gasteiger partial charge in [-0.25, -0.2) is 0 Å². The van der Waals surface area contributed by atoms with Crippen LogP contribution in [0.2, 0.25) is 5.02 Å². The van der Waals surface area contributed by atoms with Gasteiger partial charge in [-0.2, -0.15) is 5.10 Å². The lowest BCUT2D eigenvalue weighted by atomic mass is 9.98. The van der Waals surface area contributed by atoms with Crippen LogP contribution in [0, 0.1) is 0 Å². The monoisotopic (exact) mass is 229 g/mol. The molecule has 2 rings (SSSR count). The molecule has 0 amide bonds. The summed E-state index contributed by atoms with van der Waals surface area (Å²) < 4.78 is 1.80. The zero-order chi connectivity index (χ0) is 11.1. The number of β-amino-alcohol motifs (C(OH)–C–C–N with tert-alkyl or cyclic N) is 1. The first-order chi connectivity index (χ1) is 7.04. The van der Waals surface area contributed by atoms with Gasteiger partial charge in [-0.1, -0.05) is 11.6 Å². The van der Waals surface area contributed by atoms with Gasteiger partial charge in [0.1, 0.15) is 5.60 Å². The fraction of sp³-hybridized carbons (Fsp3) is 0.700. The van der Waals surface area contributed by atoms with Gasteiger partial charge in [-0.3, -0.25) is 4.68 Å². The zero-order valence-corrected chi connectivity index (χ0v) is 9.75. The number of hydrogen-bond donors (Lipinski definition) is 2. The van der Waals surface area contributed by atoms with Gasteiger partial charge in [0.25, 0.3) is 0 Å². The molecule has 1 saturated heterocycles. The molecule has 1 fully saturated rings. The highest BCUT2D eigenvalue weighted by molar-refractivity contribution is 6.31. The van der Waals surface area contributed by atoms with Gasteiger partial charge in [-0.15, -0.1) is 0 Å². The third-order valence-electron chi connectivity index (χ3n) is 2.81. The molecule has 0 bridgehead atoms.